The van der Waals surface area contributed by atoms with Crippen LogP contribution in [-0.2, 0) is 10.5 Å². The maximum Gasteiger partial charge on any atom is 0.278 e. The number of rotatable bonds is 2. The van der Waals surface area contributed by atoms with Gasteiger partial charge in [0.15, 0.2) is 23.1 Å². The number of nitrogens with zero attached hydrogens (tertiary/aromatic N) is 3. The van der Waals surface area contributed by atoms with Crippen LogP contribution < -0.4 is 10.4 Å². The molecule has 2 atom stereocenters. The van der Waals surface area contributed by atoms with E-state index in [1.54, 1.807) is 11.0 Å². The SMILES string of the molecule is O=C1c2c(O)c(=O)ccn2N(C2c3ccc(C4CC4)cc3SCc3c2ccc(F)c3F)C2COCCN12. The second kappa shape index (κ2) is 8.32. The summed E-state index contributed by atoms with van der Waals surface area (Å²) in [7, 11) is 0. The first-order chi connectivity index (χ1) is 17.9. The zero-order valence-electron chi connectivity index (χ0n) is 19.7. The number of halogens is 2. The van der Waals surface area contributed by atoms with Crippen LogP contribution in [-0.4, -0.2) is 46.5 Å². The summed E-state index contributed by atoms with van der Waals surface area (Å²) in [5, 5.41) is 12.6. The molecule has 3 aliphatic heterocycles. The van der Waals surface area contributed by atoms with Gasteiger partial charge in [-0.05, 0) is 47.6 Å². The van der Waals surface area contributed by atoms with Gasteiger partial charge in [-0.1, -0.05) is 18.2 Å². The minimum absolute atomic E-state index is 0.150. The Kier molecular flexibility index (Phi) is 5.13. The number of aromatic nitrogens is 1. The second-order valence-electron chi connectivity index (χ2n) is 9.85. The molecule has 0 radical (unpaired) electrons. The molecule has 7 rings (SSSR count). The Morgan fingerprint density at radius 1 is 1.05 bits per heavy atom. The molecule has 4 aliphatic rings. The third-order valence-corrected chi connectivity index (χ3v) is 8.82. The second-order valence-corrected chi connectivity index (χ2v) is 10.9. The largest absolute Gasteiger partial charge is 0.502 e. The lowest BCUT2D eigenvalue weighted by atomic mass is 9.92. The molecule has 190 valence electrons. The van der Waals surface area contributed by atoms with Crippen LogP contribution in [0.3, 0.4) is 0 Å². The molecule has 1 saturated carbocycles. The third-order valence-electron chi connectivity index (χ3n) is 7.72. The van der Waals surface area contributed by atoms with Crippen LogP contribution in [0.1, 0.15) is 57.5 Å². The van der Waals surface area contributed by atoms with E-state index in [0.717, 1.165) is 29.4 Å². The summed E-state index contributed by atoms with van der Waals surface area (Å²) in [5.41, 5.74) is 2.11. The molecular formula is C27H23F2N3O4S. The van der Waals surface area contributed by atoms with E-state index in [2.05, 4.69) is 12.1 Å². The summed E-state index contributed by atoms with van der Waals surface area (Å²) in [6.45, 7) is 0.754. The van der Waals surface area contributed by atoms with Crippen LogP contribution >= 0.6 is 11.8 Å². The normalized spacial score (nSPS) is 22.6. The summed E-state index contributed by atoms with van der Waals surface area (Å²) < 4.78 is 37.0. The fourth-order valence-corrected chi connectivity index (χ4v) is 6.88. The zero-order valence-corrected chi connectivity index (χ0v) is 20.5. The van der Waals surface area contributed by atoms with E-state index in [4.69, 9.17) is 4.74 Å². The van der Waals surface area contributed by atoms with Gasteiger partial charge in [0.2, 0.25) is 5.43 Å². The van der Waals surface area contributed by atoms with Crippen LogP contribution in [0, 0.1) is 11.6 Å². The molecule has 4 heterocycles. The highest BCUT2D eigenvalue weighted by molar-refractivity contribution is 7.98. The van der Waals surface area contributed by atoms with Crippen molar-refractivity contribution in [3.05, 3.63) is 92.4 Å². The highest BCUT2D eigenvalue weighted by Crippen LogP contribution is 2.48. The molecule has 7 nitrogen and oxygen atoms in total. The summed E-state index contributed by atoms with van der Waals surface area (Å²) in [4.78, 5) is 28.3. The van der Waals surface area contributed by atoms with Crippen molar-refractivity contribution in [1.29, 1.82) is 0 Å². The van der Waals surface area contributed by atoms with Gasteiger partial charge < -0.3 is 14.7 Å². The van der Waals surface area contributed by atoms with Crippen LogP contribution in [0.5, 0.6) is 5.75 Å². The number of aromatic hydroxyl groups is 1. The van der Waals surface area contributed by atoms with Crippen LogP contribution in [0.2, 0.25) is 0 Å². The van der Waals surface area contributed by atoms with Gasteiger partial charge >= 0.3 is 0 Å². The summed E-state index contributed by atoms with van der Waals surface area (Å²) in [5.74, 6) is -2.16. The highest BCUT2D eigenvalue weighted by Gasteiger charge is 2.46. The summed E-state index contributed by atoms with van der Waals surface area (Å²) >= 11 is 1.47. The minimum atomic E-state index is -0.916. The van der Waals surface area contributed by atoms with Gasteiger partial charge in [-0.15, -0.1) is 11.8 Å². The standard InChI is InChI=1S/C27H23F2N3O4S/c28-19-6-5-16-18(23(19)29)13-37-21-11-15(14-1-2-14)3-4-17(21)24(16)32-22-12-36-10-9-30(22)27(35)25-26(34)20(33)7-8-31(25)32/h3-8,11,14,22,24,34H,1-2,9-10,12-13H2. The van der Waals surface area contributed by atoms with E-state index in [0.29, 0.717) is 18.1 Å². The molecule has 1 saturated heterocycles. The maximum atomic E-state index is 15.3. The third kappa shape index (κ3) is 3.42. The molecule has 0 bridgehead atoms. The first-order valence-electron chi connectivity index (χ1n) is 12.3. The average molecular weight is 524 g/mol. The van der Waals surface area contributed by atoms with Crippen molar-refractivity contribution in [2.45, 2.75) is 41.6 Å². The van der Waals surface area contributed by atoms with Crippen LogP contribution in [0.15, 0.2) is 52.3 Å². The lowest BCUT2D eigenvalue weighted by Gasteiger charge is -2.51. The fraction of sp³-hybridized carbons (Fsp3) is 0.333. The van der Waals surface area contributed by atoms with Crippen molar-refractivity contribution >= 4 is 17.7 Å². The molecular weight excluding hydrogens is 500 g/mol. The molecule has 0 spiro atoms. The van der Waals surface area contributed by atoms with Gasteiger partial charge in [-0.3, -0.25) is 19.3 Å². The smallest absolute Gasteiger partial charge is 0.278 e. The minimum Gasteiger partial charge on any atom is -0.502 e. The number of thioether (sulfide) groups is 1. The fourth-order valence-electron chi connectivity index (χ4n) is 5.72. The highest BCUT2D eigenvalue weighted by atomic mass is 32.2. The van der Waals surface area contributed by atoms with Crippen molar-refractivity contribution in [3.63, 3.8) is 0 Å². The van der Waals surface area contributed by atoms with Gasteiger partial charge in [0.25, 0.3) is 5.91 Å². The van der Waals surface area contributed by atoms with Crippen molar-refractivity contribution in [2.75, 3.05) is 24.8 Å². The number of pyridine rings is 1. The Bertz CT molecular complexity index is 1520. The van der Waals surface area contributed by atoms with E-state index < -0.39 is 40.9 Å². The molecule has 2 aromatic carbocycles. The Morgan fingerprint density at radius 2 is 1.86 bits per heavy atom. The average Bonchev–Trinajstić information content (AvgIpc) is 3.76. The topological polar surface area (TPSA) is 75.0 Å². The van der Waals surface area contributed by atoms with Gasteiger partial charge in [0, 0.05) is 35.0 Å². The van der Waals surface area contributed by atoms with Crippen molar-refractivity contribution in [1.82, 2.24) is 9.58 Å². The lowest BCUT2D eigenvalue weighted by molar-refractivity contribution is -0.0197. The number of hydrogen-bond acceptors (Lipinski definition) is 6. The van der Waals surface area contributed by atoms with E-state index in [-0.39, 0.29) is 30.2 Å². The monoisotopic (exact) mass is 523 g/mol. The number of amides is 1. The molecule has 1 aliphatic carbocycles. The molecule has 1 amide bonds. The number of ether oxygens (including phenoxy) is 1. The van der Waals surface area contributed by atoms with E-state index in [1.165, 1.54) is 34.3 Å². The Morgan fingerprint density at radius 3 is 2.68 bits per heavy atom. The van der Waals surface area contributed by atoms with Gasteiger partial charge in [-0.25, -0.2) is 8.78 Å². The Labute approximate surface area is 215 Å². The van der Waals surface area contributed by atoms with Gasteiger partial charge in [0.1, 0.15) is 6.17 Å². The summed E-state index contributed by atoms with van der Waals surface area (Å²) in [6.07, 6.45) is 3.13. The molecule has 1 N–H and O–H groups in total. The van der Waals surface area contributed by atoms with Crippen molar-refractivity contribution < 1.29 is 23.4 Å². The molecule has 2 unspecified atom stereocenters. The molecule has 10 heteroatoms. The number of fused-ring (bicyclic) bond motifs is 4. The first kappa shape index (κ1) is 22.8. The quantitative estimate of drug-likeness (QED) is 0.550. The van der Waals surface area contributed by atoms with Crippen molar-refractivity contribution in [3.8, 4) is 5.75 Å². The zero-order chi connectivity index (χ0) is 25.4. The van der Waals surface area contributed by atoms with Crippen LogP contribution in [0.25, 0.3) is 0 Å². The van der Waals surface area contributed by atoms with Gasteiger partial charge in [0.05, 0.1) is 19.3 Å². The van der Waals surface area contributed by atoms with Crippen LogP contribution in [0.4, 0.5) is 8.78 Å². The molecule has 37 heavy (non-hydrogen) atoms. The predicted molar refractivity (Wildman–Crippen MR) is 132 cm³/mol. The predicted octanol–water partition coefficient (Wildman–Crippen LogP) is 3.85. The number of hydrogen-bond donors (Lipinski definition) is 1. The maximum absolute atomic E-state index is 15.3. The number of carbonyl (C=O) groups is 1. The van der Waals surface area contributed by atoms with E-state index >= 15 is 4.39 Å². The Balaban J connectivity index is 1.51. The van der Waals surface area contributed by atoms with Gasteiger partial charge in [-0.2, -0.15) is 0 Å². The lowest BCUT2D eigenvalue weighted by Crippen LogP contribution is -2.66. The first-order valence-corrected chi connectivity index (χ1v) is 13.3. The number of morpholine rings is 1. The Hall–Kier alpha value is -3.37. The number of carbonyl (C=O) groups excluding carboxylic acids is 1. The summed E-state index contributed by atoms with van der Waals surface area (Å²) in [6, 6.07) is 9.53. The molecule has 2 fully saturated rings. The molecule has 3 aromatic rings. The van der Waals surface area contributed by atoms with E-state index in [9.17, 15) is 19.1 Å². The van der Waals surface area contributed by atoms with E-state index in [1.807, 2.05) is 11.1 Å². The number of benzene rings is 2. The van der Waals surface area contributed by atoms with Crippen molar-refractivity contribution in [2.24, 2.45) is 0 Å². The molecule has 1 aromatic heterocycles.